The van der Waals surface area contributed by atoms with Crippen LogP contribution in [0.4, 0.5) is 16.2 Å². The molecule has 0 aliphatic heterocycles. The van der Waals surface area contributed by atoms with Gasteiger partial charge in [0.2, 0.25) is 0 Å². The van der Waals surface area contributed by atoms with Crippen LogP contribution in [0, 0.1) is 6.92 Å². The first-order valence-electron chi connectivity index (χ1n) is 11.9. The molecule has 196 valence electrons. The van der Waals surface area contributed by atoms with Gasteiger partial charge in [0, 0.05) is 35.6 Å². The molecule has 0 saturated carbocycles. The number of nitrogens with zero attached hydrogens (tertiary/aromatic N) is 2. The Labute approximate surface area is 220 Å². The Morgan fingerprint density at radius 1 is 1.11 bits per heavy atom. The van der Waals surface area contributed by atoms with Crippen LogP contribution >= 0.6 is 11.6 Å². The first-order valence-corrected chi connectivity index (χ1v) is 12.3. The molecule has 37 heavy (non-hydrogen) atoms. The average molecular weight is 527 g/mol. The number of hydrogen-bond acceptors (Lipinski definition) is 5. The number of halogens is 1. The molecule has 0 aliphatic carbocycles. The lowest BCUT2D eigenvalue weighted by Gasteiger charge is -2.24. The van der Waals surface area contributed by atoms with Gasteiger partial charge < -0.3 is 30.3 Å². The van der Waals surface area contributed by atoms with Crippen molar-refractivity contribution in [2.24, 2.45) is 0 Å². The maximum absolute atomic E-state index is 13.1. The zero-order chi connectivity index (χ0) is 27.1. The summed E-state index contributed by atoms with van der Waals surface area (Å²) in [7, 11) is 0. The van der Waals surface area contributed by atoms with E-state index in [0.717, 1.165) is 18.8 Å². The molecule has 1 atom stereocenters. The lowest BCUT2D eigenvalue weighted by molar-refractivity contribution is -0.137. The summed E-state index contributed by atoms with van der Waals surface area (Å²) in [5, 5.41) is 25.5. The van der Waals surface area contributed by atoms with Gasteiger partial charge in [0.25, 0.3) is 5.56 Å². The van der Waals surface area contributed by atoms with Gasteiger partial charge in [-0.2, -0.15) is 0 Å². The number of pyridine rings is 1. The largest absolute Gasteiger partial charge is 0.505 e. The van der Waals surface area contributed by atoms with Gasteiger partial charge >= 0.3 is 12.0 Å². The Hall–Kier alpha value is -3.98. The molecule has 0 bridgehead atoms. The van der Waals surface area contributed by atoms with Crippen molar-refractivity contribution >= 4 is 35.0 Å². The van der Waals surface area contributed by atoms with E-state index in [-0.39, 0.29) is 24.4 Å². The number of rotatable bonds is 10. The van der Waals surface area contributed by atoms with Crippen LogP contribution < -0.4 is 21.1 Å². The number of carboxylic acids is 1. The summed E-state index contributed by atoms with van der Waals surface area (Å²) in [6, 6.07) is 12.7. The molecule has 0 saturated heterocycles. The second-order valence-corrected chi connectivity index (χ2v) is 8.98. The summed E-state index contributed by atoms with van der Waals surface area (Å²) < 4.78 is 1.34. The van der Waals surface area contributed by atoms with Crippen molar-refractivity contribution in [3.05, 3.63) is 86.8 Å². The summed E-state index contributed by atoms with van der Waals surface area (Å²) in [6.07, 6.45) is 1.11. The molecule has 0 radical (unpaired) electrons. The minimum Gasteiger partial charge on any atom is -0.505 e. The van der Waals surface area contributed by atoms with Crippen LogP contribution in [-0.2, 0) is 11.3 Å². The standard InChI is InChI=1S/C27H31ClN4O5/c1-4-31(5-2)20-11-8-10-18(13-20)22(14-23(33)34)29-27(37)30-24-25(35)17(3)15-32(26(24)36)16-19-9-6-7-12-21(19)28/h6-13,15,22,35H,4-5,14,16H2,1-3H3,(H,33,34)(H2,29,30,37)/t22-/m0/s1. The van der Waals surface area contributed by atoms with E-state index in [2.05, 4.69) is 15.5 Å². The summed E-state index contributed by atoms with van der Waals surface area (Å²) in [5.41, 5.74) is 1.63. The number of aryl methyl sites for hydroxylation is 1. The molecule has 4 N–H and O–H groups in total. The molecule has 9 nitrogen and oxygen atoms in total. The molecular formula is C27H31ClN4O5. The average Bonchev–Trinajstić information content (AvgIpc) is 2.86. The van der Waals surface area contributed by atoms with Crippen molar-refractivity contribution in [2.75, 3.05) is 23.3 Å². The van der Waals surface area contributed by atoms with E-state index in [1.54, 1.807) is 43.3 Å². The maximum Gasteiger partial charge on any atom is 0.319 e. The molecular weight excluding hydrogens is 496 g/mol. The van der Waals surface area contributed by atoms with E-state index >= 15 is 0 Å². The number of carbonyl (C=O) groups is 2. The number of benzene rings is 2. The van der Waals surface area contributed by atoms with E-state index in [1.807, 2.05) is 26.0 Å². The van der Waals surface area contributed by atoms with Gasteiger partial charge in [-0.3, -0.25) is 9.59 Å². The highest BCUT2D eigenvalue weighted by molar-refractivity contribution is 6.31. The zero-order valence-corrected chi connectivity index (χ0v) is 21.7. The quantitative estimate of drug-likeness (QED) is 0.302. The predicted molar refractivity (Wildman–Crippen MR) is 145 cm³/mol. The minimum atomic E-state index is -1.10. The number of nitrogens with one attached hydrogen (secondary N) is 2. The van der Waals surface area contributed by atoms with Crippen LogP contribution in [0.1, 0.15) is 43.0 Å². The number of aliphatic carboxylic acids is 1. The predicted octanol–water partition coefficient (Wildman–Crippen LogP) is 4.75. The summed E-state index contributed by atoms with van der Waals surface area (Å²) in [6.45, 7) is 7.31. The van der Waals surface area contributed by atoms with Crippen LogP contribution in [0.25, 0.3) is 0 Å². The molecule has 0 spiro atoms. The number of carboxylic acid groups (broad SMARTS) is 1. The van der Waals surface area contributed by atoms with Crippen molar-refractivity contribution in [1.29, 1.82) is 0 Å². The van der Waals surface area contributed by atoms with Crippen molar-refractivity contribution in [2.45, 2.75) is 39.8 Å². The second kappa shape index (κ2) is 12.3. The highest BCUT2D eigenvalue weighted by atomic mass is 35.5. The van der Waals surface area contributed by atoms with Gasteiger partial charge in [0.05, 0.1) is 19.0 Å². The monoisotopic (exact) mass is 526 g/mol. The normalized spacial score (nSPS) is 11.6. The third-order valence-corrected chi connectivity index (χ3v) is 6.43. The molecule has 3 rings (SSSR count). The maximum atomic E-state index is 13.1. The lowest BCUT2D eigenvalue weighted by atomic mass is 10.0. The van der Waals surface area contributed by atoms with Crippen molar-refractivity contribution in [3.8, 4) is 5.75 Å². The molecule has 3 aromatic rings. The summed E-state index contributed by atoms with van der Waals surface area (Å²) in [5.74, 6) is -1.46. The number of aromatic hydroxyl groups is 1. The van der Waals surface area contributed by atoms with E-state index < -0.39 is 23.6 Å². The van der Waals surface area contributed by atoms with E-state index in [4.69, 9.17) is 11.6 Å². The Kier molecular flexibility index (Phi) is 9.19. The number of aromatic nitrogens is 1. The third-order valence-electron chi connectivity index (χ3n) is 6.06. The van der Waals surface area contributed by atoms with Crippen molar-refractivity contribution in [3.63, 3.8) is 0 Å². The Morgan fingerprint density at radius 3 is 2.46 bits per heavy atom. The Bertz CT molecular complexity index is 1340. The number of hydrogen-bond donors (Lipinski definition) is 4. The smallest absolute Gasteiger partial charge is 0.319 e. The highest BCUT2D eigenvalue weighted by Gasteiger charge is 2.22. The van der Waals surface area contributed by atoms with Gasteiger partial charge in [-0.05, 0) is 50.1 Å². The van der Waals surface area contributed by atoms with Crippen LogP contribution in [-0.4, -0.2) is 39.9 Å². The summed E-state index contributed by atoms with van der Waals surface area (Å²) >= 11 is 6.23. The fraction of sp³-hybridized carbons (Fsp3) is 0.296. The van der Waals surface area contributed by atoms with Crippen LogP contribution in [0.2, 0.25) is 5.02 Å². The minimum absolute atomic E-state index is 0.135. The molecule has 1 heterocycles. The number of carbonyl (C=O) groups excluding carboxylic acids is 1. The van der Waals surface area contributed by atoms with Crippen LogP contribution in [0.3, 0.4) is 0 Å². The number of anilines is 2. The molecule has 10 heteroatoms. The second-order valence-electron chi connectivity index (χ2n) is 8.58. The fourth-order valence-electron chi connectivity index (χ4n) is 4.10. The fourth-order valence-corrected chi connectivity index (χ4v) is 4.29. The van der Waals surface area contributed by atoms with Gasteiger partial charge in [0.1, 0.15) is 5.75 Å². The van der Waals surface area contributed by atoms with Gasteiger partial charge in [0.15, 0.2) is 5.69 Å². The first-order chi connectivity index (χ1) is 17.6. The van der Waals surface area contributed by atoms with E-state index in [0.29, 0.717) is 21.7 Å². The van der Waals surface area contributed by atoms with Gasteiger partial charge in [-0.15, -0.1) is 0 Å². The van der Waals surface area contributed by atoms with E-state index in [1.165, 1.54) is 10.8 Å². The number of urea groups is 1. The topological polar surface area (TPSA) is 124 Å². The summed E-state index contributed by atoms with van der Waals surface area (Å²) in [4.78, 5) is 39.7. The van der Waals surface area contributed by atoms with Crippen LogP contribution in [0.15, 0.2) is 59.5 Å². The van der Waals surface area contributed by atoms with E-state index in [9.17, 15) is 24.6 Å². The molecule has 0 unspecified atom stereocenters. The SMILES string of the molecule is CCN(CC)c1cccc([C@H](CC(=O)O)NC(=O)Nc2c(O)c(C)cn(Cc3ccccc3Cl)c2=O)c1. The molecule has 1 aromatic heterocycles. The molecule has 0 fully saturated rings. The van der Waals surface area contributed by atoms with Crippen LogP contribution in [0.5, 0.6) is 5.75 Å². The third kappa shape index (κ3) is 6.83. The van der Waals surface area contributed by atoms with Crippen molar-refractivity contribution < 1.29 is 19.8 Å². The molecule has 0 aliphatic rings. The lowest BCUT2D eigenvalue weighted by Crippen LogP contribution is -2.36. The molecule has 2 aromatic carbocycles. The van der Waals surface area contributed by atoms with Gasteiger partial charge in [-0.1, -0.05) is 41.9 Å². The van der Waals surface area contributed by atoms with Gasteiger partial charge in [-0.25, -0.2) is 4.79 Å². The highest BCUT2D eigenvalue weighted by Crippen LogP contribution is 2.26. The zero-order valence-electron chi connectivity index (χ0n) is 21.0. The Morgan fingerprint density at radius 2 is 1.81 bits per heavy atom. The Balaban J connectivity index is 1.88. The molecule has 2 amide bonds. The first kappa shape index (κ1) is 27.6. The van der Waals surface area contributed by atoms with Crippen molar-refractivity contribution in [1.82, 2.24) is 9.88 Å². The number of amides is 2.